The average molecular weight is 220 g/mol. The van der Waals surface area contributed by atoms with Crippen molar-refractivity contribution >= 4 is 5.78 Å². The Morgan fingerprint density at radius 3 is 2.31 bits per heavy atom. The predicted molar refractivity (Wildman–Crippen MR) is 65.4 cm³/mol. The van der Waals surface area contributed by atoms with Gasteiger partial charge in [0.05, 0.1) is 6.10 Å². The van der Waals surface area contributed by atoms with E-state index in [1.54, 1.807) is 0 Å². The zero-order valence-electron chi connectivity index (χ0n) is 10.0. The topological polar surface area (TPSA) is 37.3 Å². The third kappa shape index (κ3) is 3.17. The Morgan fingerprint density at radius 2 is 1.75 bits per heavy atom. The lowest BCUT2D eigenvalue weighted by Crippen LogP contribution is -2.26. The molecule has 1 aliphatic carbocycles. The summed E-state index contributed by atoms with van der Waals surface area (Å²) < 4.78 is 0. The number of hydrogen-bond donors (Lipinski definition) is 1. The number of carbonyl (C=O) groups excluding carboxylic acids is 1. The van der Waals surface area contributed by atoms with Gasteiger partial charge in [-0.1, -0.05) is 44.2 Å². The third-order valence-corrected chi connectivity index (χ3v) is 2.82. The molecule has 0 amide bonds. The molecule has 1 N–H and O–H groups in total. The second-order valence-corrected chi connectivity index (χ2v) is 3.86. The lowest BCUT2D eigenvalue weighted by molar-refractivity contribution is -0.124. The highest BCUT2D eigenvalue weighted by atomic mass is 16.3. The van der Waals surface area contributed by atoms with Gasteiger partial charge in [0.1, 0.15) is 5.78 Å². The maximum atomic E-state index is 11.6. The SMILES string of the molecule is CC.O=C1C[C@H](O)CCC1c1ccccc1. The maximum absolute atomic E-state index is 11.6. The Bertz CT molecular complexity index is 319. The monoisotopic (exact) mass is 220 g/mol. The number of Topliss-reactive ketones (excluding diaryl/α,β-unsaturated/α-hetero) is 1. The van der Waals surface area contributed by atoms with Crippen molar-refractivity contribution in [3.8, 4) is 0 Å². The minimum Gasteiger partial charge on any atom is -0.393 e. The Labute approximate surface area is 97.3 Å². The van der Waals surface area contributed by atoms with Crippen LogP contribution < -0.4 is 0 Å². The van der Waals surface area contributed by atoms with Crippen molar-refractivity contribution in [3.05, 3.63) is 35.9 Å². The van der Waals surface area contributed by atoms with Crippen molar-refractivity contribution in [3.63, 3.8) is 0 Å². The lowest BCUT2D eigenvalue weighted by atomic mass is 9.82. The molecule has 2 rings (SSSR count). The van der Waals surface area contributed by atoms with Gasteiger partial charge in [-0.3, -0.25) is 4.79 Å². The van der Waals surface area contributed by atoms with E-state index in [9.17, 15) is 9.90 Å². The molecule has 88 valence electrons. The summed E-state index contributed by atoms with van der Waals surface area (Å²) in [4.78, 5) is 11.6. The molecule has 2 heteroatoms. The van der Waals surface area contributed by atoms with Gasteiger partial charge in [-0.2, -0.15) is 0 Å². The van der Waals surface area contributed by atoms with Crippen LogP contribution in [0.2, 0.25) is 0 Å². The van der Waals surface area contributed by atoms with Crippen molar-refractivity contribution < 1.29 is 9.90 Å². The zero-order valence-corrected chi connectivity index (χ0v) is 10.0. The molecule has 1 saturated carbocycles. The van der Waals surface area contributed by atoms with Crippen LogP contribution in [0.3, 0.4) is 0 Å². The largest absolute Gasteiger partial charge is 0.393 e. The summed E-state index contributed by atoms with van der Waals surface area (Å²) in [5.74, 6) is 0.189. The number of ketones is 1. The normalized spacial score (nSPS) is 24.6. The van der Waals surface area contributed by atoms with Crippen LogP contribution in [0.5, 0.6) is 0 Å². The summed E-state index contributed by atoms with van der Waals surface area (Å²) in [6.07, 6.45) is 1.43. The van der Waals surface area contributed by atoms with E-state index < -0.39 is 6.10 Å². The van der Waals surface area contributed by atoms with Crippen LogP contribution in [-0.4, -0.2) is 17.0 Å². The van der Waals surface area contributed by atoms with Gasteiger partial charge in [-0.25, -0.2) is 0 Å². The van der Waals surface area contributed by atoms with Gasteiger partial charge in [0.2, 0.25) is 0 Å². The standard InChI is InChI=1S/C12H14O2.C2H6/c13-10-6-7-11(12(14)8-10)9-4-2-1-3-5-9;1-2/h1-5,10-11,13H,6-8H2;1-2H3/t10-,11?;/m1./s1. The fraction of sp³-hybridized carbons (Fsp3) is 0.500. The maximum Gasteiger partial charge on any atom is 0.142 e. The van der Waals surface area contributed by atoms with Gasteiger partial charge in [0.15, 0.2) is 0 Å². The quantitative estimate of drug-likeness (QED) is 0.790. The average Bonchev–Trinajstić information content (AvgIpc) is 2.33. The molecular weight excluding hydrogens is 200 g/mol. The van der Waals surface area contributed by atoms with Crippen LogP contribution in [0.1, 0.15) is 44.6 Å². The second-order valence-electron chi connectivity index (χ2n) is 3.86. The number of hydrogen-bond acceptors (Lipinski definition) is 2. The summed E-state index contributed by atoms with van der Waals surface area (Å²) in [6.45, 7) is 4.00. The van der Waals surface area contributed by atoms with E-state index in [0.717, 1.165) is 18.4 Å². The Morgan fingerprint density at radius 1 is 1.12 bits per heavy atom. The van der Waals surface area contributed by atoms with Crippen LogP contribution in [0.4, 0.5) is 0 Å². The predicted octanol–water partition coefficient (Wildman–Crippen LogP) is 2.91. The van der Waals surface area contributed by atoms with E-state index in [0.29, 0.717) is 6.42 Å². The van der Waals surface area contributed by atoms with Gasteiger partial charge >= 0.3 is 0 Å². The highest BCUT2D eigenvalue weighted by molar-refractivity contribution is 5.86. The van der Waals surface area contributed by atoms with Gasteiger partial charge < -0.3 is 5.11 Å². The number of rotatable bonds is 1. The van der Waals surface area contributed by atoms with Gasteiger partial charge in [-0.05, 0) is 18.4 Å². The van der Waals surface area contributed by atoms with Gasteiger partial charge in [0.25, 0.3) is 0 Å². The molecule has 0 spiro atoms. The van der Waals surface area contributed by atoms with Crippen LogP contribution in [-0.2, 0) is 4.79 Å². The van der Waals surface area contributed by atoms with Crippen molar-refractivity contribution in [2.24, 2.45) is 0 Å². The minimum atomic E-state index is -0.414. The number of aliphatic hydroxyl groups excluding tert-OH is 1. The summed E-state index contributed by atoms with van der Waals surface area (Å²) in [6, 6.07) is 9.83. The van der Waals surface area contributed by atoms with Gasteiger partial charge in [-0.15, -0.1) is 0 Å². The summed E-state index contributed by atoms with van der Waals surface area (Å²) in [5.41, 5.74) is 1.09. The van der Waals surface area contributed by atoms with E-state index in [2.05, 4.69) is 0 Å². The molecule has 1 aromatic carbocycles. The summed E-state index contributed by atoms with van der Waals surface area (Å²) in [5, 5.41) is 9.32. The first-order valence-corrected chi connectivity index (χ1v) is 6.03. The second kappa shape index (κ2) is 6.44. The van der Waals surface area contributed by atoms with Crippen LogP contribution in [0.25, 0.3) is 0 Å². The summed E-state index contributed by atoms with van der Waals surface area (Å²) >= 11 is 0. The fourth-order valence-corrected chi connectivity index (χ4v) is 2.03. The molecule has 0 bridgehead atoms. The van der Waals surface area contributed by atoms with E-state index in [1.165, 1.54) is 0 Å². The molecule has 1 aliphatic rings. The Balaban J connectivity index is 0.000000606. The molecule has 16 heavy (non-hydrogen) atoms. The molecule has 0 aliphatic heterocycles. The highest BCUT2D eigenvalue weighted by Gasteiger charge is 2.28. The van der Waals surface area contributed by atoms with E-state index >= 15 is 0 Å². The minimum absolute atomic E-state index is 0.0135. The van der Waals surface area contributed by atoms with E-state index in [4.69, 9.17) is 0 Å². The van der Waals surface area contributed by atoms with Crippen molar-refractivity contribution in [2.45, 2.75) is 45.1 Å². The third-order valence-electron chi connectivity index (χ3n) is 2.82. The first-order chi connectivity index (χ1) is 7.77. The molecule has 1 fully saturated rings. The molecule has 1 unspecified atom stereocenters. The van der Waals surface area contributed by atoms with Crippen molar-refractivity contribution in [2.75, 3.05) is 0 Å². The molecule has 0 aromatic heterocycles. The molecule has 2 nitrogen and oxygen atoms in total. The smallest absolute Gasteiger partial charge is 0.142 e. The molecule has 2 atom stereocenters. The molecule has 0 heterocycles. The van der Waals surface area contributed by atoms with Crippen molar-refractivity contribution in [1.29, 1.82) is 0 Å². The number of benzene rings is 1. The number of carbonyl (C=O) groups is 1. The van der Waals surface area contributed by atoms with Crippen LogP contribution in [0.15, 0.2) is 30.3 Å². The van der Waals surface area contributed by atoms with Gasteiger partial charge in [0, 0.05) is 12.3 Å². The first-order valence-electron chi connectivity index (χ1n) is 6.03. The Kier molecular flexibility index (Phi) is 5.20. The summed E-state index contributed by atoms with van der Waals surface area (Å²) in [7, 11) is 0. The Hall–Kier alpha value is -1.15. The highest BCUT2D eigenvalue weighted by Crippen LogP contribution is 2.29. The zero-order chi connectivity index (χ0) is 12.0. The molecule has 0 radical (unpaired) electrons. The molecule has 0 saturated heterocycles. The molecular formula is C14H20O2. The lowest BCUT2D eigenvalue weighted by Gasteiger charge is -2.24. The number of aliphatic hydroxyl groups is 1. The fourth-order valence-electron chi connectivity index (χ4n) is 2.03. The first kappa shape index (κ1) is 12.9. The van der Waals surface area contributed by atoms with E-state index in [-0.39, 0.29) is 11.7 Å². The van der Waals surface area contributed by atoms with Crippen LogP contribution in [0, 0.1) is 0 Å². The molecule has 1 aromatic rings. The van der Waals surface area contributed by atoms with Crippen molar-refractivity contribution in [1.82, 2.24) is 0 Å². The van der Waals surface area contributed by atoms with E-state index in [1.807, 2.05) is 44.2 Å². The van der Waals surface area contributed by atoms with Crippen LogP contribution >= 0.6 is 0 Å².